The third kappa shape index (κ3) is 2.85. The lowest BCUT2D eigenvalue weighted by atomic mass is 10.3. The molecule has 0 aliphatic rings. The van der Waals surface area contributed by atoms with Crippen molar-refractivity contribution in [1.29, 1.82) is 0 Å². The van der Waals surface area contributed by atoms with Crippen molar-refractivity contribution >= 4 is 10.0 Å². The summed E-state index contributed by atoms with van der Waals surface area (Å²) in [5.41, 5.74) is 0.199. The standard InChI is InChI=1S/C6H8N2O3S/c7-12(10,11)4-5-1-2-6(9)8-3-5/h1-3H,4H2,(H,8,9)(H2,7,10,11). The molecule has 0 spiro atoms. The summed E-state index contributed by atoms with van der Waals surface area (Å²) in [4.78, 5) is 12.9. The Balaban J connectivity index is 2.93. The Hall–Kier alpha value is -1.14. The number of hydrogen-bond donors (Lipinski definition) is 2. The molecule has 0 aromatic carbocycles. The molecule has 1 aromatic rings. The first-order chi connectivity index (χ1) is 5.47. The van der Waals surface area contributed by atoms with Gasteiger partial charge >= 0.3 is 0 Å². The molecule has 0 bridgehead atoms. The molecular weight excluding hydrogens is 180 g/mol. The zero-order valence-corrected chi connectivity index (χ0v) is 6.97. The number of H-pyrrole nitrogens is 1. The summed E-state index contributed by atoms with van der Waals surface area (Å²) in [5.74, 6) is -0.260. The molecule has 1 heterocycles. The number of hydrogen-bond acceptors (Lipinski definition) is 3. The summed E-state index contributed by atoms with van der Waals surface area (Å²) in [6.45, 7) is 0. The van der Waals surface area contributed by atoms with Crippen LogP contribution in [-0.4, -0.2) is 13.4 Å². The van der Waals surface area contributed by atoms with E-state index in [0.29, 0.717) is 5.56 Å². The lowest BCUT2D eigenvalue weighted by molar-refractivity contribution is 0.597. The summed E-state index contributed by atoms with van der Waals surface area (Å²) in [5, 5.41) is 4.79. The topological polar surface area (TPSA) is 93.0 Å². The van der Waals surface area contributed by atoms with Crippen molar-refractivity contribution in [2.45, 2.75) is 5.75 Å². The average Bonchev–Trinajstić information content (AvgIpc) is 1.91. The molecule has 1 aromatic heterocycles. The second-order valence-corrected chi connectivity index (χ2v) is 3.98. The van der Waals surface area contributed by atoms with Crippen molar-refractivity contribution in [3.05, 3.63) is 34.2 Å². The maximum Gasteiger partial charge on any atom is 0.247 e. The number of pyridine rings is 1. The number of nitrogens with two attached hydrogens (primary N) is 1. The molecule has 0 fully saturated rings. The van der Waals surface area contributed by atoms with Crippen LogP contribution in [0.1, 0.15) is 5.56 Å². The second-order valence-electron chi connectivity index (χ2n) is 2.37. The highest BCUT2D eigenvalue weighted by Gasteiger charge is 2.03. The van der Waals surface area contributed by atoms with Crippen LogP contribution in [0.4, 0.5) is 0 Å². The average molecular weight is 188 g/mol. The van der Waals surface area contributed by atoms with Gasteiger partial charge in [-0.2, -0.15) is 0 Å². The Kier molecular flexibility index (Phi) is 2.30. The van der Waals surface area contributed by atoms with Crippen molar-refractivity contribution in [2.75, 3.05) is 0 Å². The fourth-order valence-corrected chi connectivity index (χ4v) is 1.41. The SMILES string of the molecule is NS(=O)(=O)Cc1ccc(=O)[nH]c1. The van der Waals surface area contributed by atoms with E-state index in [-0.39, 0.29) is 11.3 Å². The zero-order chi connectivity index (χ0) is 9.19. The summed E-state index contributed by atoms with van der Waals surface area (Å²) in [7, 11) is -3.51. The minimum atomic E-state index is -3.51. The largest absolute Gasteiger partial charge is 0.329 e. The van der Waals surface area contributed by atoms with E-state index in [9.17, 15) is 13.2 Å². The van der Waals surface area contributed by atoms with Gasteiger partial charge in [-0.1, -0.05) is 6.07 Å². The third-order valence-corrected chi connectivity index (χ3v) is 1.95. The summed E-state index contributed by atoms with van der Waals surface area (Å²) in [6.07, 6.45) is 1.33. The molecule has 0 radical (unpaired) electrons. The van der Waals surface area contributed by atoms with Crippen LogP contribution in [0.3, 0.4) is 0 Å². The third-order valence-electron chi connectivity index (χ3n) is 1.22. The van der Waals surface area contributed by atoms with Crippen molar-refractivity contribution in [2.24, 2.45) is 5.14 Å². The number of sulfonamides is 1. The monoisotopic (exact) mass is 188 g/mol. The van der Waals surface area contributed by atoms with Crippen LogP contribution in [0.5, 0.6) is 0 Å². The van der Waals surface area contributed by atoms with E-state index in [1.54, 1.807) is 0 Å². The van der Waals surface area contributed by atoms with E-state index in [0.717, 1.165) is 0 Å². The van der Waals surface area contributed by atoms with Gasteiger partial charge in [0.2, 0.25) is 15.6 Å². The summed E-state index contributed by atoms with van der Waals surface area (Å²) >= 11 is 0. The first-order valence-corrected chi connectivity index (χ1v) is 4.87. The van der Waals surface area contributed by atoms with E-state index in [1.807, 2.05) is 0 Å². The molecule has 0 saturated carbocycles. The minimum absolute atomic E-state index is 0.260. The molecule has 0 aliphatic heterocycles. The summed E-state index contributed by atoms with van der Waals surface area (Å²) < 4.78 is 21.1. The van der Waals surface area contributed by atoms with Gasteiger partial charge in [-0.05, 0) is 5.56 Å². The highest BCUT2D eigenvalue weighted by Crippen LogP contribution is 1.97. The quantitative estimate of drug-likeness (QED) is 0.634. The molecule has 0 saturated heterocycles. The highest BCUT2D eigenvalue weighted by atomic mass is 32.2. The van der Waals surface area contributed by atoms with Gasteiger partial charge in [0.1, 0.15) is 0 Å². The van der Waals surface area contributed by atoms with Crippen LogP contribution in [-0.2, 0) is 15.8 Å². The van der Waals surface area contributed by atoms with E-state index in [2.05, 4.69) is 4.98 Å². The first-order valence-electron chi connectivity index (χ1n) is 3.15. The van der Waals surface area contributed by atoms with Crippen LogP contribution in [0.2, 0.25) is 0 Å². The normalized spacial score (nSPS) is 11.4. The van der Waals surface area contributed by atoms with Crippen LogP contribution >= 0.6 is 0 Å². The van der Waals surface area contributed by atoms with Gasteiger partial charge in [-0.25, -0.2) is 13.6 Å². The lowest BCUT2D eigenvalue weighted by Gasteiger charge is -1.96. The molecule has 0 amide bonds. The maximum atomic E-state index is 10.6. The Morgan fingerprint density at radius 3 is 2.50 bits per heavy atom. The Labute approximate surface area is 69.3 Å². The first kappa shape index (κ1) is 8.95. The van der Waals surface area contributed by atoms with E-state index in [1.165, 1.54) is 18.3 Å². The van der Waals surface area contributed by atoms with Gasteiger partial charge in [-0.3, -0.25) is 4.79 Å². The predicted octanol–water partition coefficient (Wildman–Crippen LogP) is -0.837. The molecule has 1 rings (SSSR count). The molecule has 5 nitrogen and oxygen atoms in total. The van der Waals surface area contributed by atoms with Crippen molar-refractivity contribution < 1.29 is 8.42 Å². The van der Waals surface area contributed by atoms with E-state index < -0.39 is 10.0 Å². The van der Waals surface area contributed by atoms with Gasteiger partial charge in [-0.15, -0.1) is 0 Å². The van der Waals surface area contributed by atoms with Crippen LogP contribution in [0.25, 0.3) is 0 Å². The predicted molar refractivity (Wildman–Crippen MR) is 43.9 cm³/mol. The second kappa shape index (κ2) is 3.08. The molecule has 0 unspecified atom stereocenters. The Morgan fingerprint density at radius 2 is 2.08 bits per heavy atom. The minimum Gasteiger partial charge on any atom is -0.329 e. The van der Waals surface area contributed by atoms with Gasteiger partial charge in [0.15, 0.2) is 0 Å². The zero-order valence-electron chi connectivity index (χ0n) is 6.15. The fourth-order valence-electron chi connectivity index (χ4n) is 0.765. The highest BCUT2D eigenvalue weighted by molar-refractivity contribution is 7.88. The maximum absolute atomic E-state index is 10.6. The molecule has 0 atom stereocenters. The molecule has 3 N–H and O–H groups in total. The molecule has 66 valence electrons. The molecular formula is C6H8N2O3S. The van der Waals surface area contributed by atoms with Crippen molar-refractivity contribution in [1.82, 2.24) is 4.98 Å². The lowest BCUT2D eigenvalue weighted by Crippen LogP contribution is -2.15. The van der Waals surface area contributed by atoms with Crippen molar-refractivity contribution in [3.63, 3.8) is 0 Å². The van der Waals surface area contributed by atoms with Crippen LogP contribution in [0, 0.1) is 0 Å². The Bertz CT molecular complexity index is 400. The van der Waals surface area contributed by atoms with Crippen molar-refractivity contribution in [3.8, 4) is 0 Å². The number of aromatic nitrogens is 1. The van der Waals surface area contributed by atoms with Gasteiger partial charge in [0.25, 0.3) is 0 Å². The van der Waals surface area contributed by atoms with Gasteiger partial charge in [0.05, 0.1) is 5.75 Å². The molecule has 6 heteroatoms. The van der Waals surface area contributed by atoms with E-state index in [4.69, 9.17) is 5.14 Å². The number of rotatable bonds is 2. The summed E-state index contributed by atoms with van der Waals surface area (Å²) in [6, 6.07) is 2.67. The Morgan fingerprint density at radius 1 is 1.42 bits per heavy atom. The number of primary sulfonamides is 1. The van der Waals surface area contributed by atoms with Crippen LogP contribution in [0.15, 0.2) is 23.1 Å². The van der Waals surface area contributed by atoms with Gasteiger partial charge in [0, 0.05) is 12.3 Å². The number of aromatic amines is 1. The fraction of sp³-hybridized carbons (Fsp3) is 0.167. The van der Waals surface area contributed by atoms with Gasteiger partial charge < -0.3 is 4.98 Å². The molecule has 12 heavy (non-hydrogen) atoms. The van der Waals surface area contributed by atoms with Crippen LogP contribution < -0.4 is 10.7 Å². The van der Waals surface area contributed by atoms with E-state index >= 15 is 0 Å². The number of nitrogens with one attached hydrogen (secondary N) is 1. The molecule has 0 aliphatic carbocycles. The smallest absolute Gasteiger partial charge is 0.247 e.